The molecular weight excluding hydrogens is 357 g/mol. The first-order valence-electron chi connectivity index (χ1n) is 9.77. The van der Waals surface area contributed by atoms with Crippen LogP contribution in [0.4, 0.5) is 9.18 Å². The van der Waals surface area contributed by atoms with Crippen molar-refractivity contribution in [2.45, 2.75) is 31.8 Å². The van der Waals surface area contributed by atoms with Gasteiger partial charge >= 0.3 is 6.03 Å². The molecule has 2 aromatic carbocycles. The number of likely N-dealkylation sites (tertiary alicyclic amines) is 1. The molecular formula is C22H28FN3O2. The van der Waals surface area contributed by atoms with Crippen molar-refractivity contribution in [1.29, 1.82) is 0 Å². The van der Waals surface area contributed by atoms with Gasteiger partial charge in [0, 0.05) is 32.2 Å². The van der Waals surface area contributed by atoms with Gasteiger partial charge in [-0.2, -0.15) is 0 Å². The Hall–Kier alpha value is -2.60. The third kappa shape index (κ3) is 5.96. The highest BCUT2D eigenvalue weighted by molar-refractivity contribution is 5.74. The molecule has 0 atom stereocenters. The van der Waals surface area contributed by atoms with Crippen LogP contribution >= 0.6 is 0 Å². The van der Waals surface area contributed by atoms with Gasteiger partial charge in [-0.3, -0.25) is 4.90 Å². The third-order valence-corrected chi connectivity index (χ3v) is 5.09. The molecule has 2 aromatic rings. The van der Waals surface area contributed by atoms with Crippen molar-refractivity contribution in [2.24, 2.45) is 0 Å². The summed E-state index contributed by atoms with van der Waals surface area (Å²) in [5.74, 6) is -0.0614. The molecule has 1 fully saturated rings. The van der Waals surface area contributed by atoms with Crippen molar-refractivity contribution in [3.8, 4) is 5.75 Å². The van der Waals surface area contributed by atoms with E-state index in [4.69, 9.17) is 4.74 Å². The first kappa shape index (κ1) is 20.1. The van der Waals surface area contributed by atoms with Crippen molar-refractivity contribution < 1.29 is 13.9 Å². The van der Waals surface area contributed by atoms with Gasteiger partial charge in [0.2, 0.25) is 0 Å². The monoisotopic (exact) mass is 385 g/mol. The van der Waals surface area contributed by atoms with Gasteiger partial charge in [-0.05, 0) is 42.5 Å². The SMILES string of the molecule is COc1ccc(CN2CCC(NC(=O)NCCc3ccccc3)CC2)cc1F. The van der Waals surface area contributed by atoms with E-state index in [2.05, 4.69) is 27.7 Å². The zero-order valence-corrected chi connectivity index (χ0v) is 16.3. The van der Waals surface area contributed by atoms with Crippen molar-refractivity contribution >= 4 is 6.03 Å². The Morgan fingerprint density at radius 2 is 1.89 bits per heavy atom. The van der Waals surface area contributed by atoms with E-state index in [1.54, 1.807) is 6.07 Å². The van der Waals surface area contributed by atoms with Gasteiger partial charge in [-0.1, -0.05) is 36.4 Å². The summed E-state index contributed by atoms with van der Waals surface area (Å²) in [5, 5.41) is 5.99. The number of hydrogen-bond donors (Lipinski definition) is 2. The second kappa shape index (κ2) is 10.1. The van der Waals surface area contributed by atoms with E-state index in [0.717, 1.165) is 37.9 Å². The summed E-state index contributed by atoms with van der Waals surface area (Å²) in [4.78, 5) is 14.4. The highest BCUT2D eigenvalue weighted by atomic mass is 19.1. The van der Waals surface area contributed by atoms with E-state index in [-0.39, 0.29) is 23.6 Å². The van der Waals surface area contributed by atoms with Gasteiger partial charge < -0.3 is 15.4 Å². The predicted molar refractivity (Wildman–Crippen MR) is 108 cm³/mol. The number of amides is 2. The number of carbonyl (C=O) groups excluding carboxylic acids is 1. The molecule has 1 aliphatic rings. The molecule has 1 saturated heterocycles. The summed E-state index contributed by atoms with van der Waals surface area (Å²) in [5.41, 5.74) is 2.15. The van der Waals surface area contributed by atoms with E-state index < -0.39 is 0 Å². The lowest BCUT2D eigenvalue weighted by Crippen LogP contribution is -2.48. The standard InChI is InChI=1S/C22H28FN3O2/c1-28-21-8-7-18(15-20(21)23)16-26-13-10-19(11-14-26)25-22(27)24-12-9-17-5-3-2-4-6-17/h2-8,15,19H,9-14,16H2,1H3,(H2,24,25,27). The molecule has 1 heterocycles. The Bertz CT molecular complexity index is 762. The van der Waals surface area contributed by atoms with Crippen LogP contribution in [-0.2, 0) is 13.0 Å². The smallest absolute Gasteiger partial charge is 0.315 e. The van der Waals surface area contributed by atoms with E-state index in [1.165, 1.54) is 18.7 Å². The number of ether oxygens (including phenoxy) is 1. The second-order valence-corrected chi connectivity index (χ2v) is 7.16. The largest absolute Gasteiger partial charge is 0.494 e. The Morgan fingerprint density at radius 3 is 2.57 bits per heavy atom. The molecule has 2 N–H and O–H groups in total. The molecule has 0 bridgehead atoms. The number of methoxy groups -OCH3 is 1. The number of hydrogen-bond acceptors (Lipinski definition) is 3. The fourth-order valence-electron chi connectivity index (χ4n) is 3.50. The van der Waals surface area contributed by atoms with Crippen molar-refractivity contribution in [2.75, 3.05) is 26.7 Å². The van der Waals surface area contributed by atoms with Gasteiger partial charge in [0.05, 0.1) is 7.11 Å². The Labute approximate surface area is 165 Å². The van der Waals surface area contributed by atoms with Crippen LogP contribution in [0.5, 0.6) is 5.75 Å². The van der Waals surface area contributed by atoms with Gasteiger partial charge in [0.1, 0.15) is 0 Å². The van der Waals surface area contributed by atoms with Crippen molar-refractivity contribution in [1.82, 2.24) is 15.5 Å². The summed E-state index contributed by atoms with van der Waals surface area (Å²) >= 11 is 0. The number of halogens is 1. The summed E-state index contributed by atoms with van der Waals surface area (Å²) < 4.78 is 18.8. The lowest BCUT2D eigenvalue weighted by molar-refractivity contribution is 0.186. The van der Waals surface area contributed by atoms with E-state index in [1.807, 2.05) is 24.3 Å². The molecule has 1 aliphatic heterocycles. The van der Waals surface area contributed by atoms with Gasteiger partial charge in [-0.25, -0.2) is 9.18 Å². The minimum absolute atomic E-state index is 0.105. The zero-order valence-electron chi connectivity index (χ0n) is 16.3. The molecule has 0 aromatic heterocycles. The van der Waals surface area contributed by atoms with Crippen LogP contribution in [0.25, 0.3) is 0 Å². The topological polar surface area (TPSA) is 53.6 Å². The Balaban J connectivity index is 1.35. The van der Waals surface area contributed by atoms with Crippen LogP contribution in [0.1, 0.15) is 24.0 Å². The highest BCUT2D eigenvalue weighted by Crippen LogP contribution is 2.20. The van der Waals surface area contributed by atoms with E-state index in [0.29, 0.717) is 13.1 Å². The number of benzene rings is 2. The molecule has 3 rings (SSSR count). The zero-order chi connectivity index (χ0) is 19.8. The van der Waals surface area contributed by atoms with Gasteiger partial charge in [0.15, 0.2) is 11.6 Å². The van der Waals surface area contributed by atoms with Crippen LogP contribution in [0.2, 0.25) is 0 Å². The first-order valence-corrected chi connectivity index (χ1v) is 9.77. The van der Waals surface area contributed by atoms with Crippen LogP contribution in [0, 0.1) is 5.82 Å². The van der Waals surface area contributed by atoms with E-state index >= 15 is 0 Å². The molecule has 28 heavy (non-hydrogen) atoms. The summed E-state index contributed by atoms with van der Waals surface area (Å²) in [6.07, 6.45) is 2.61. The number of carbonyl (C=O) groups is 1. The molecule has 2 amide bonds. The lowest BCUT2D eigenvalue weighted by atomic mass is 10.0. The molecule has 0 saturated carbocycles. The highest BCUT2D eigenvalue weighted by Gasteiger charge is 2.21. The average molecular weight is 385 g/mol. The molecule has 0 radical (unpaired) electrons. The molecule has 0 unspecified atom stereocenters. The van der Waals surface area contributed by atoms with Crippen molar-refractivity contribution in [3.63, 3.8) is 0 Å². The van der Waals surface area contributed by atoms with E-state index in [9.17, 15) is 9.18 Å². The minimum Gasteiger partial charge on any atom is -0.494 e. The van der Waals surface area contributed by atoms with Crippen LogP contribution < -0.4 is 15.4 Å². The van der Waals surface area contributed by atoms with Crippen molar-refractivity contribution in [3.05, 3.63) is 65.5 Å². The summed E-state index contributed by atoms with van der Waals surface area (Å²) in [6, 6.07) is 15.3. The number of nitrogens with zero attached hydrogens (tertiary/aromatic N) is 1. The normalized spacial score (nSPS) is 15.2. The molecule has 6 heteroatoms. The summed E-state index contributed by atoms with van der Waals surface area (Å²) in [7, 11) is 1.47. The fraction of sp³-hybridized carbons (Fsp3) is 0.409. The summed E-state index contributed by atoms with van der Waals surface area (Å²) in [6.45, 7) is 3.08. The number of piperidine rings is 1. The number of rotatable bonds is 7. The fourth-order valence-corrected chi connectivity index (χ4v) is 3.50. The Morgan fingerprint density at radius 1 is 1.14 bits per heavy atom. The van der Waals surface area contributed by atoms with Crippen LogP contribution in [-0.4, -0.2) is 43.7 Å². The molecule has 150 valence electrons. The minimum atomic E-state index is -0.330. The molecule has 0 spiro atoms. The molecule has 5 nitrogen and oxygen atoms in total. The van der Waals surface area contributed by atoms with Crippen LogP contribution in [0.3, 0.4) is 0 Å². The molecule has 0 aliphatic carbocycles. The second-order valence-electron chi connectivity index (χ2n) is 7.16. The lowest BCUT2D eigenvalue weighted by Gasteiger charge is -2.32. The maximum Gasteiger partial charge on any atom is 0.315 e. The number of urea groups is 1. The quantitative estimate of drug-likeness (QED) is 0.769. The Kier molecular flexibility index (Phi) is 7.25. The number of nitrogens with one attached hydrogen (secondary N) is 2. The average Bonchev–Trinajstić information content (AvgIpc) is 2.70. The maximum atomic E-state index is 13.8. The van der Waals surface area contributed by atoms with Gasteiger partial charge in [-0.15, -0.1) is 0 Å². The van der Waals surface area contributed by atoms with Gasteiger partial charge in [0.25, 0.3) is 0 Å². The maximum absolute atomic E-state index is 13.8. The predicted octanol–water partition coefficient (Wildman–Crippen LogP) is 3.34. The van der Waals surface area contributed by atoms with Crippen LogP contribution in [0.15, 0.2) is 48.5 Å². The third-order valence-electron chi connectivity index (χ3n) is 5.09. The first-order chi connectivity index (χ1) is 13.6.